The Morgan fingerprint density at radius 3 is 2.21 bits per heavy atom. The first kappa shape index (κ1) is 14.9. The molecule has 0 bridgehead atoms. The lowest BCUT2D eigenvalue weighted by Gasteiger charge is -2.12. The van der Waals surface area contributed by atoms with Crippen molar-refractivity contribution in [2.24, 2.45) is 0 Å². The van der Waals surface area contributed by atoms with Crippen LogP contribution in [0.3, 0.4) is 0 Å². The summed E-state index contributed by atoms with van der Waals surface area (Å²) in [4.78, 5) is 0. The standard InChI is InChI=1S/C13H6Cl2F3I/c14-8-2-3-11(15)9(6-8)10-5-7(13(16,17)18)1-4-12(10)19/h1-6H. The predicted octanol–water partition coefficient (Wildman–Crippen LogP) is 6.28. The quantitative estimate of drug-likeness (QED) is 0.479. The molecule has 6 heteroatoms. The number of alkyl halides is 3. The van der Waals surface area contributed by atoms with E-state index in [0.717, 1.165) is 12.1 Å². The van der Waals surface area contributed by atoms with Crippen LogP contribution < -0.4 is 0 Å². The SMILES string of the molecule is FC(F)(F)c1ccc(I)c(-c2cc(Cl)ccc2Cl)c1. The Morgan fingerprint density at radius 2 is 1.58 bits per heavy atom. The maximum absolute atomic E-state index is 12.7. The van der Waals surface area contributed by atoms with Crippen molar-refractivity contribution in [3.8, 4) is 11.1 Å². The van der Waals surface area contributed by atoms with E-state index < -0.39 is 11.7 Å². The topological polar surface area (TPSA) is 0 Å². The van der Waals surface area contributed by atoms with Crippen LogP contribution in [0.5, 0.6) is 0 Å². The highest BCUT2D eigenvalue weighted by atomic mass is 127. The van der Waals surface area contributed by atoms with E-state index >= 15 is 0 Å². The van der Waals surface area contributed by atoms with Crippen LogP contribution in [0.25, 0.3) is 11.1 Å². The predicted molar refractivity (Wildman–Crippen MR) is 79.6 cm³/mol. The molecule has 2 rings (SSSR count). The fraction of sp³-hybridized carbons (Fsp3) is 0.0769. The minimum Gasteiger partial charge on any atom is -0.166 e. The highest BCUT2D eigenvalue weighted by Gasteiger charge is 2.31. The van der Waals surface area contributed by atoms with Gasteiger partial charge in [-0.3, -0.25) is 0 Å². The van der Waals surface area contributed by atoms with Crippen molar-refractivity contribution in [3.05, 3.63) is 55.6 Å². The van der Waals surface area contributed by atoms with Gasteiger partial charge in [0.25, 0.3) is 0 Å². The third kappa shape index (κ3) is 3.35. The molecule has 2 aromatic carbocycles. The van der Waals surface area contributed by atoms with Crippen molar-refractivity contribution in [3.63, 3.8) is 0 Å². The molecule has 19 heavy (non-hydrogen) atoms. The van der Waals surface area contributed by atoms with Crippen LogP contribution in [0, 0.1) is 3.57 Å². The molecule has 0 aliphatic rings. The van der Waals surface area contributed by atoms with E-state index in [9.17, 15) is 13.2 Å². The Bertz CT molecular complexity index is 624. The highest BCUT2D eigenvalue weighted by Crippen LogP contribution is 2.37. The van der Waals surface area contributed by atoms with Crippen molar-refractivity contribution < 1.29 is 13.2 Å². The fourth-order valence-electron chi connectivity index (χ4n) is 1.61. The van der Waals surface area contributed by atoms with E-state index in [4.69, 9.17) is 23.2 Å². The molecule has 0 heterocycles. The first-order chi connectivity index (χ1) is 8.79. The minimum atomic E-state index is -4.38. The number of hydrogen-bond donors (Lipinski definition) is 0. The van der Waals surface area contributed by atoms with E-state index in [1.54, 1.807) is 18.2 Å². The van der Waals surface area contributed by atoms with Gasteiger partial charge in [0.05, 0.1) is 5.56 Å². The van der Waals surface area contributed by atoms with E-state index in [2.05, 4.69) is 0 Å². The summed E-state index contributed by atoms with van der Waals surface area (Å²) in [5, 5.41) is 0.786. The van der Waals surface area contributed by atoms with Crippen LogP contribution in [-0.2, 0) is 6.18 Å². The molecule has 0 aliphatic carbocycles. The molecule has 0 atom stereocenters. The van der Waals surface area contributed by atoms with Gasteiger partial charge in [-0.05, 0) is 64.6 Å². The van der Waals surface area contributed by atoms with Crippen LogP contribution >= 0.6 is 45.8 Å². The molecule has 0 amide bonds. The molecule has 0 nitrogen and oxygen atoms in total. The fourth-order valence-corrected chi connectivity index (χ4v) is 2.63. The van der Waals surface area contributed by atoms with Gasteiger partial charge in [0.15, 0.2) is 0 Å². The zero-order valence-electron chi connectivity index (χ0n) is 9.23. The number of rotatable bonds is 1. The molecule has 2 aromatic rings. The zero-order valence-corrected chi connectivity index (χ0v) is 12.9. The summed E-state index contributed by atoms with van der Waals surface area (Å²) in [5.74, 6) is 0. The second-order valence-corrected chi connectivity index (χ2v) is 5.82. The molecular weight excluding hydrogens is 411 g/mol. The lowest BCUT2D eigenvalue weighted by molar-refractivity contribution is -0.137. The molecule has 0 N–H and O–H groups in total. The van der Waals surface area contributed by atoms with Crippen LogP contribution in [0.1, 0.15) is 5.56 Å². The molecule has 0 aromatic heterocycles. The van der Waals surface area contributed by atoms with E-state index in [-0.39, 0.29) is 0 Å². The number of benzene rings is 2. The Kier molecular flexibility index (Phi) is 4.32. The van der Waals surface area contributed by atoms with Gasteiger partial charge in [-0.1, -0.05) is 23.2 Å². The number of halogens is 6. The molecule has 0 spiro atoms. The second kappa shape index (κ2) is 5.50. The summed E-state index contributed by atoms with van der Waals surface area (Å²) in [5.41, 5.74) is 0.201. The molecule has 100 valence electrons. The van der Waals surface area contributed by atoms with Crippen molar-refractivity contribution in [2.75, 3.05) is 0 Å². The van der Waals surface area contributed by atoms with Gasteiger partial charge in [-0.25, -0.2) is 0 Å². The van der Waals surface area contributed by atoms with E-state index in [1.807, 2.05) is 22.6 Å². The number of hydrogen-bond acceptors (Lipinski definition) is 0. The van der Waals surface area contributed by atoms with Gasteiger partial charge in [-0.2, -0.15) is 13.2 Å². The van der Waals surface area contributed by atoms with Gasteiger partial charge in [0.1, 0.15) is 0 Å². The third-order valence-corrected chi connectivity index (χ3v) is 4.02. The third-order valence-electron chi connectivity index (χ3n) is 2.51. The monoisotopic (exact) mass is 416 g/mol. The lowest BCUT2D eigenvalue weighted by Crippen LogP contribution is -2.05. The maximum Gasteiger partial charge on any atom is 0.416 e. The first-order valence-corrected chi connectivity index (χ1v) is 6.94. The summed E-state index contributed by atoms with van der Waals surface area (Å²) in [7, 11) is 0. The summed E-state index contributed by atoms with van der Waals surface area (Å²) in [6.45, 7) is 0. The summed E-state index contributed by atoms with van der Waals surface area (Å²) < 4.78 is 38.9. The first-order valence-electron chi connectivity index (χ1n) is 5.11. The van der Waals surface area contributed by atoms with Crippen molar-refractivity contribution in [1.29, 1.82) is 0 Å². The zero-order chi connectivity index (χ0) is 14.2. The molecule has 0 saturated carbocycles. The molecule has 0 unspecified atom stereocenters. The van der Waals surface area contributed by atoms with Gasteiger partial charge >= 0.3 is 6.18 Å². The van der Waals surface area contributed by atoms with Gasteiger partial charge < -0.3 is 0 Å². The van der Waals surface area contributed by atoms with Crippen LogP contribution in [-0.4, -0.2) is 0 Å². The van der Waals surface area contributed by atoms with Crippen LogP contribution in [0.2, 0.25) is 10.0 Å². The Hall–Kier alpha value is -0.460. The molecule has 0 aliphatic heterocycles. The normalized spacial score (nSPS) is 11.7. The molecule has 0 saturated heterocycles. The summed E-state index contributed by atoms with van der Waals surface area (Å²) in [6, 6.07) is 8.25. The summed E-state index contributed by atoms with van der Waals surface area (Å²) in [6.07, 6.45) is -4.38. The largest absolute Gasteiger partial charge is 0.416 e. The highest BCUT2D eigenvalue weighted by molar-refractivity contribution is 14.1. The van der Waals surface area contributed by atoms with Crippen molar-refractivity contribution in [2.45, 2.75) is 6.18 Å². The Morgan fingerprint density at radius 1 is 0.895 bits per heavy atom. The van der Waals surface area contributed by atoms with Crippen molar-refractivity contribution >= 4 is 45.8 Å². The lowest BCUT2D eigenvalue weighted by atomic mass is 10.0. The molecule has 0 fully saturated rings. The van der Waals surface area contributed by atoms with Gasteiger partial charge in [0, 0.05) is 19.2 Å². The minimum absolute atomic E-state index is 0.363. The maximum atomic E-state index is 12.7. The van der Waals surface area contributed by atoms with Crippen LogP contribution in [0.15, 0.2) is 36.4 Å². The average Bonchev–Trinajstić information content (AvgIpc) is 2.32. The van der Waals surface area contributed by atoms with Gasteiger partial charge in [-0.15, -0.1) is 0 Å². The Labute approximate surface area is 131 Å². The average molecular weight is 417 g/mol. The van der Waals surface area contributed by atoms with E-state index in [0.29, 0.717) is 24.7 Å². The molecular formula is C13H6Cl2F3I. The summed E-state index contributed by atoms with van der Waals surface area (Å²) >= 11 is 13.9. The van der Waals surface area contributed by atoms with E-state index in [1.165, 1.54) is 6.07 Å². The van der Waals surface area contributed by atoms with Gasteiger partial charge in [0.2, 0.25) is 0 Å². The van der Waals surface area contributed by atoms with Crippen molar-refractivity contribution in [1.82, 2.24) is 0 Å². The molecule has 0 radical (unpaired) electrons. The van der Waals surface area contributed by atoms with Crippen LogP contribution in [0.4, 0.5) is 13.2 Å². The Balaban J connectivity index is 2.64. The smallest absolute Gasteiger partial charge is 0.166 e. The second-order valence-electron chi connectivity index (χ2n) is 3.82.